The summed E-state index contributed by atoms with van der Waals surface area (Å²) >= 11 is 0. The molecule has 1 aromatic heterocycles. The number of aromatic nitrogens is 1. The van der Waals surface area contributed by atoms with Gasteiger partial charge < -0.3 is 10.2 Å². The highest BCUT2D eigenvalue weighted by molar-refractivity contribution is 5.38. The molecule has 3 rings (SSSR count). The van der Waals surface area contributed by atoms with Gasteiger partial charge in [-0.1, -0.05) is 25.3 Å². The normalized spacial score (nSPS) is 20.5. The Kier molecular flexibility index (Phi) is 6.85. The number of nitrogens with zero attached hydrogens (tertiary/aromatic N) is 3. The Bertz CT molecular complexity index is 482. The fourth-order valence-corrected chi connectivity index (χ4v) is 3.90. The first-order chi connectivity index (χ1) is 11.8. The molecule has 0 atom stereocenters. The quantitative estimate of drug-likeness (QED) is 0.614. The van der Waals surface area contributed by atoms with E-state index in [1.54, 1.807) is 6.07 Å². The van der Waals surface area contributed by atoms with Gasteiger partial charge in [-0.25, -0.2) is 4.98 Å². The van der Waals surface area contributed by atoms with E-state index in [2.05, 4.69) is 20.1 Å². The van der Waals surface area contributed by atoms with Crippen molar-refractivity contribution in [1.29, 1.82) is 0 Å². The van der Waals surface area contributed by atoms with Gasteiger partial charge in [-0.15, -0.1) is 0 Å². The van der Waals surface area contributed by atoms with Gasteiger partial charge in [0.25, 0.3) is 0 Å². The maximum atomic E-state index is 13.2. The summed E-state index contributed by atoms with van der Waals surface area (Å²) in [4.78, 5) is 8.68. The molecule has 24 heavy (non-hydrogen) atoms. The summed E-state index contributed by atoms with van der Waals surface area (Å²) in [6.45, 7) is 7.45. The zero-order chi connectivity index (χ0) is 16.6. The standard InChI is InChI=1S/C19H31FN4/c20-18-8-4-9-19(22-18)24-14-12-23(13-15-24)11-5-10-21-16-17-6-2-1-3-7-17/h4,8-9,17,21H,1-3,5-7,10-16H2. The van der Waals surface area contributed by atoms with E-state index in [0.29, 0.717) is 0 Å². The van der Waals surface area contributed by atoms with E-state index in [1.165, 1.54) is 51.1 Å². The monoisotopic (exact) mass is 334 g/mol. The Morgan fingerprint density at radius 1 is 1.08 bits per heavy atom. The van der Waals surface area contributed by atoms with Crippen molar-refractivity contribution in [3.05, 3.63) is 24.1 Å². The minimum atomic E-state index is -0.390. The van der Waals surface area contributed by atoms with Gasteiger partial charge in [-0.3, -0.25) is 4.90 Å². The van der Waals surface area contributed by atoms with Crippen LogP contribution in [-0.4, -0.2) is 55.7 Å². The molecule has 4 nitrogen and oxygen atoms in total. The van der Waals surface area contributed by atoms with Crippen molar-refractivity contribution >= 4 is 5.82 Å². The summed E-state index contributed by atoms with van der Waals surface area (Å²) in [5.74, 6) is 1.30. The second-order valence-corrected chi connectivity index (χ2v) is 7.21. The van der Waals surface area contributed by atoms with Crippen LogP contribution in [0.15, 0.2) is 18.2 Å². The molecule has 2 aliphatic rings. The molecule has 1 aliphatic heterocycles. The van der Waals surface area contributed by atoms with Crippen LogP contribution >= 0.6 is 0 Å². The Morgan fingerprint density at radius 2 is 1.88 bits per heavy atom. The van der Waals surface area contributed by atoms with Crippen molar-refractivity contribution in [2.45, 2.75) is 38.5 Å². The Labute approximate surface area is 145 Å². The molecule has 1 aliphatic carbocycles. The summed E-state index contributed by atoms with van der Waals surface area (Å²) in [6.07, 6.45) is 8.35. The van der Waals surface area contributed by atoms with Gasteiger partial charge in [0.1, 0.15) is 5.82 Å². The molecule has 0 bridgehead atoms. The smallest absolute Gasteiger partial charge is 0.214 e. The van der Waals surface area contributed by atoms with Gasteiger partial charge in [0.05, 0.1) is 0 Å². The van der Waals surface area contributed by atoms with Gasteiger partial charge >= 0.3 is 0 Å². The lowest BCUT2D eigenvalue weighted by molar-refractivity contribution is 0.251. The number of nitrogens with one attached hydrogen (secondary N) is 1. The first kappa shape index (κ1) is 17.6. The minimum Gasteiger partial charge on any atom is -0.354 e. The van der Waals surface area contributed by atoms with Crippen molar-refractivity contribution in [1.82, 2.24) is 15.2 Å². The molecule has 1 N–H and O–H groups in total. The number of rotatable bonds is 7. The zero-order valence-corrected chi connectivity index (χ0v) is 14.7. The highest BCUT2D eigenvalue weighted by atomic mass is 19.1. The Hall–Kier alpha value is -1.20. The van der Waals surface area contributed by atoms with Crippen LogP contribution in [-0.2, 0) is 0 Å². The van der Waals surface area contributed by atoms with E-state index >= 15 is 0 Å². The molecular weight excluding hydrogens is 303 g/mol. The third-order valence-corrected chi connectivity index (χ3v) is 5.38. The summed E-state index contributed by atoms with van der Waals surface area (Å²) < 4.78 is 13.2. The van der Waals surface area contributed by atoms with Crippen LogP contribution < -0.4 is 10.2 Å². The van der Waals surface area contributed by atoms with Crippen molar-refractivity contribution in [2.75, 3.05) is 50.7 Å². The van der Waals surface area contributed by atoms with Crippen LogP contribution in [0.25, 0.3) is 0 Å². The molecule has 0 amide bonds. The van der Waals surface area contributed by atoms with Gasteiger partial charge in [-0.05, 0) is 56.9 Å². The Balaban J connectivity index is 1.27. The number of hydrogen-bond acceptors (Lipinski definition) is 4. The van der Waals surface area contributed by atoms with Crippen molar-refractivity contribution in [3.63, 3.8) is 0 Å². The molecule has 134 valence electrons. The van der Waals surface area contributed by atoms with Gasteiger partial charge in [0.2, 0.25) is 5.95 Å². The van der Waals surface area contributed by atoms with Crippen molar-refractivity contribution in [3.8, 4) is 0 Å². The average molecular weight is 334 g/mol. The topological polar surface area (TPSA) is 31.4 Å². The van der Waals surface area contributed by atoms with Gasteiger partial charge in [0, 0.05) is 26.2 Å². The second-order valence-electron chi connectivity index (χ2n) is 7.21. The molecular formula is C19H31FN4. The van der Waals surface area contributed by atoms with E-state index in [-0.39, 0.29) is 5.95 Å². The number of anilines is 1. The number of hydrogen-bond donors (Lipinski definition) is 1. The van der Waals surface area contributed by atoms with Crippen LogP contribution in [0.5, 0.6) is 0 Å². The van der Waals surface area contributed by atoms with Crippen LogP contribution in [0, 0.1) is 11.9 Å². The maximum absolute atomic E-state index is 13.2. The third-order valence-electron chi connectivity index (χ3n) is 5.38. The predicted molar refractivity (Wildman–Crippen MR) is 96.9 cm³/mol. The molecule has 1 aromatic rings. The molecule has 2 heterocycles. The van der Waals surface area contributed by atoms with Crippen molar-refractivity contribution in [2.24, 2.45) is 5.92 Å². The predicted octanol–water partition coefficient (Wildman–Crippen LogP) is 2.90. The average Bonchev–Trinajstić information content (AvgIpc) is 2.63. The van der Waals surface area contributed by atoms with Crippen molar-refractivity contribution < 1.29 is 4.39 Å². The highest BCUT2D eigenvalue weighted by Gasteiger charge is 2.18. The molecule has 0 unspecified atom stereocenters. The molecule has 0 radical (unpaired) electrons. The van der Waals surface area contributed by atoms with Gasteiger partial charge in [-0.2, -0.15) is 4.39 Å². The maximum Gasteiger partial charge on any atom is 0.214 e. The Morgan fingerprint density at radius 3 is 2.62 bits per heavy atom. The van der Waals surface area contributed by atoms with Crippen LogP contribution in [0.4, 0.5) is 10.2 Å². The first-order valence-corrected chi connectivity index (χ1v) is 9.62. The van der Waals surface area contributed by atoms with Gasteiger partial charge in [0.15, 0.2) is 0 Å². The van der Waals surface area contributed by atoms with Crippen LogP contribution in [0.1, 0.15) is 38.5 Å². The lowest BCUT2D eigenvalue weighted by Crippen LogP contribution is -2.47. The fourth-order valence-electron chi connectivity index (χ4n) is 3.90. The number of halogens is 1. The molecule has 1 saturated heterocycles. The molecule has 0 aromatic carbocycles. The summed E-state index contributed by atoms with van der Waals surface area (Å²) in [6, 6.07) is 5.04. The van der Waals surface area contributed by atoms with E-state index in [1.807, 2.05) is 6.07 Å². The second kappa shape index (κ2) is 9.33. The summed E-state index contributed by atoms with van der Waals surface area (Å²) in [5.41, 5.74) is 0. The third kappa shape index (κ3) is 5.42. The lowest BCUT2D eigenvalue weighted by Gasteiger charge is -2.35. The number of piperazine rings is 1. The SMILES string of the molecule is Fc1cccc(N2CCN(CCCNCC3CCCCC3)CC2)n1. The van der Waals surface area contributed by atoms with E-state index in [9.17, 15) is 4.39 Å². The largest absolute Gasteiger partial charge is 0.354 e. The minimum absolute atomic E-state index is 0.390. The molecule has 1 saturated carbocycles. The molecule has 5 heteroatoms. The molecule has 2 fully saturated rings. The fraction of sp³-hybridized carbons (Fsp3) is 0.737. The first-order valence-electron chi connectivity index (χ1n) is 9.62. The summed E-state index contributed by atoms with van der Waals surface area (Å²) in [5, 5.41) is 3.65. The van der Waals surface area contributed by atoms with Crippen LogP contribution in [0.2, 0.25) is 0 Å². The van der Waals surface area contributed by atoms with Crippen LogP contribution in [0.3, 0.4) is 0 Å². The zero-order valence-electron chi connectivity index (χ0n) is 14.7. The van der Waals surface area contributed by atoms with E-state index in [0.717, 1.165) is 51.0 Å². The summed E-state index contributed by atoms with van der Waals surface area (Å²) in [7, 11) is 0. The number of pyridine rings is 1. The lowest BCUT2D eigenvalue weighted by atomic mass is 9.89. The van der Waals surface area contributed by atoms with E-state index in [4.69, 9.17) is 0 Å². The highest BCUT2D eigenvalue weighted by Crippen LogP contribution is 2.22. The van der Waals surface area contributed by atoms with E-state index < -0.39 is 0 Å². The molecule has 0 spiro atoms.